The van der Waals surface area contributed by atoms with Crippen molar-refractivity contribution in [3.05, 3.63) is 70.5 Å². The molecule has 0 spiro atoms. The van der Waals surface area contributed by atoms with Crippen LogP contribution in [0.4, 0.5) is 0 Å². The third-order valence-corrected chi connectivity index (χ3v) is 5.62. The van der Waals surface area contributed by atoms with Crippen LogP contribution in [0.3, 0.4) is 0 Å². The first-order chi connectivity index (χ1) is 13.3. The van der Waals surface area contributed by atoms with Gasteiger partial charge in [-0.05, 0) is 37.0 Å². The van der Waals surface area contributed by atoms with Crippen LogP contribution in [0.5, 0.6) is 0 Å². The lowest BCUT2D eigenvalue weighted by molar-refractivity contribution is 0.662. The van der Waals surface area contributed by atoms with E-state index in [0.29, 0.717) is 17.7 Å². The van der Waals surface area contributed by atoms with E-state index >= 15 is 0 Å². The van der Waals surface area contributed by atoms with Gasteiger partial charge in [-0.3, -0.25) is 13.8 Å². The van der Waals surface area contributed by atoms with Gasteiger partial charge >= 0.3 is 0 Å². The highest BCUT2D eigenvalue weighted by Gasteiger charge is 2.16. The van der Waals surface area contributed by atoms with Gasteiger partial charge in [-0.25, -0.2) is 0 Å². The van der Waals surface area contributed by atoms with Crippen LogP contribution in [0.1, 0.15) is 25.3 Å². The quantitative estimate of drug-likeness (QED) is 0.358. The van der Waals surface area contributed by atoms with E-state index < -0.39 is 0 Å². The van der Waals surface area contributed by atoms with Crippen LogP contribution >= 0.6 is 11.8 Å². The minimum absolute atomic E-state index is 0.00739. The molecule has 0 N–H and O–H groups in total. The minimum Gasteiger partial charge on any atom is -0.276 e. The average Bonchev–Trinajstić information content (AvgIpc) is 3.13. The first-order valence-corrected chi connectivity index (χ1v) is 10.3. The maximum Gasteiger partial charge on any atom is 0.262 e. The molecule has 0 saturated heterocycles. The van der Waals surface area contributed by atoms with Crippen molar-refractivity contribution >= 4 is 28.4 Å². The predicted molar refractivity (Wildman–Crippen MR) is 111 cm³/mol. The maximum atomic E-state index is 12.8. The van der Waals surface area contributed by atoms with Crippen molar-refractivity contribution in [2.45, 2.75) is 37.9 Å². The molecular formula is C21H22N4OS. The van der Waals surface area contributed by atoms with Gasteiger partial charge in [-0.2, -0.15) is 0 Å². The fraction of sp³-hybridized carbons (Fsp3) is 0.286. The molecule has 0 radical (unpaired) electrons. The van der Waals surface area contributed by atoms with Crippen LogP contribution in [-0.4, -0.2) is 24.9 Å². The smallest absolute Gasteiger partial charge is 0.262 e. The van der Waals surface area contributed by atoms with Gasteiger partial charge in [0.05, 0.1) is 10.9 Å². The van der Waals surface area contributed by atoms with Gasteiger partial charge < -0.3 is 0 Å². The van der Waals surface area contributed by atoms with Crippen molar-refractivity contribution in [1.29, 1.82) is 0 Å². The van der Waals surface area contributed by atoms with Crippen LogP contribution in [0.2, 0.25) is 0 Å². The Morgan fingerprint density at radius 1 is 1.00 bits per heavy atom. The Morgan fingerprint density at radius 2 is 1.78 bits per heavy atom. The Bertz CT molecular complexity index is 1120. The van der Waals surface area contributed by atoms with Crippen molar-refractivity contribution in [2.75, 3.05) is 5.75 Å². The van der Waals surface area contributed by atoms with E-state index in [4.69, 9.17) is 0 Å². The summed E-state index contributed by atoms with van der Waals surface area (Å²) >= 11 is 1.70. The fourth-order valence-corrected chi connectivity index (χ4v) is 4.22. The lowest BCUT2D eigenvalue weighted by Gasteiger charge is -2.10. The lowest BCUT2D eigenvalue weighted by atomic mass is 10.1. The average molecular weight is 379 g/mol. The SMILES string of the molecule is CCCn1c(=O)c2ccccc2n2c(SCCCc3ccccc3)nnc12. The van der Waals surface area contributed by atoms with Crippen LogP contribution in [0.15, 0.2) is 64.5 Å². The molecule has 0 saturated carbocycles. The summed E-state index contributed by atoms with van der Waals surface area (Å²) in [5.74, 6) is 1.59. The molecule has 0 atom stereocenters. The molecule has 6 heteroatoms. The zero-order chi connectivity index (χ0) is 18.6. The van der Waals surface area contributed by atoms with Gasteiger partial charge in [0.1, 0.15) is 0 Å². The Hall–Kier alpha value is -2.60. The summed E-state index contributed by atoms with van der Waals surface area (Å²) in [5.41, 5.74) is 2.24. The summed E-state index contributed by atoms with van der Waals surface area (Å²) in [7, 11) is 0. The second kappa shape index (κ2) is 7.96. The van der Waals surface area contributed by atoms with Crippen molar-refractivity contribution in [1.82, 2.24) is 19.2 Å². The van der Waals surface area contributed by atoms with Crippen molar-refractivity contribution in [3.8, 4) is 0 Å². The van der Waals surface area contributed by atoms with Gasteiger partial charge in [0.25, 0.3) is 5.56 Å². The summed E-state index contributed by atoms with van der Waals surface area (Å²) in [4.78, 5) is 12.8. The molecule has 2 heterocycles. The number of nitrogens with zero attached hydrogens (tertiary/aromatic N) is 4. The first-order valence-electron chi connectivity index (χ1n) is 9.33. The number of hydrogen-bond acceptors (Lipinski definition) is 4. The van der Waals surface area contributed by atoms with Gasteiger partial charge in [0, 0.05) is 12.3 Å². The second-order valence-corrected chi connectivity index (χ2v) is 7.59. The zero-order valence-electron chi connectivity index (χ0n) is 15.3. The molecule has 0 bridgehead atoms. The third kappa shape index (κ3) is 3.49. The Kier molecular flexibility index (Phi) is 5.25. The molecule has 0 fully saturated rings. The Balaban J connectivity index is 1.64. The Labute approximate surface area is 162 Å². The highest BCUT2D eigenvalue weighted by atomic mass is 32.2. The molecule has 2 aromatic carbocycles. The molecule has 4 rings (SSSR count). The number of fused-ring (bicyclic) bond motifs is 3. The standard InChI is InChI=1S/C21H22N4OS/c1-2-14-24-19(26)17-12-6-7-13-18(17)25-20(24)22-23-21(25)27-15-8-11-16-9-4-3-5-10-16/h3-7,9-10,12-13H,2,8,11,14-15H2,1H3. The molecule has 0 aliphatic heterocycles. The van der Waals surface area contributed by atoms with E-state index in [1.807, 2.05) is 34.7 Å². The molecule has 0 amide bonds. The number of aryl methyl sites for hydroxylation is 2. The van der Waals surface area contributed by atoms with E-state index in [-0.39, 0.29) is 5.56 Å². The van der Waals surface area contributed by atoms with Crippen LogP contribution in [-0.2, 0) is 13.0 Å². The summed E-state index contributed by atoms with van der Waals surface area (Å²) in [6.45, 7) is 2.71. The Morgan fingerprint density at radius 3 is 2.59 bits per heavy atom. The number of rotatable bonds is 7. The van der Waals surface area contributed by atoms with Crippen LogP contribution in [0.25, 0.3) is 16.7 Å². The van der Waals surface area contributed by atoms with Crippen LogP contribution < -0.4 is 5.56 Å². The summed E-state index contributed by atoms with van der Waals surface area (Å²) < 4.78 is 3.77. The van der Waals surface area contributed by atoms with Crippen molar-refractivity contribution in [3.63, 3.8) is 0 Å². The molecule has 5 nitrogen and oxygen atoms in total. The number of aromatic nitrogens is 4. The summed E-state index contributed by atoms with van der Waals surface area (Å²) in [6.07, 6.45) is 2.99. The lowest BCUT2D eigenvalue weighted by Crippen LogP contribution is -2.23. The van der Waals surface area contributed by atoms with E-state index in [2.05, 4.69) is 41.4 Å². The van der Waals surface area contributed by atoms with Gasteiger partial charge in [-0.1, -0.05) is 61.2 Å². The van der Waals surface area contributed by atoms with Crippen molar-refractivity contribution < 1.29 is 0 Å². The third-order valence-electron chi connectivity index (χ3n) is 4.61. The molecule has 0 aliphatic carbocycles. The zero-order valence-corrected chi connectivity index (χ0v) is 16.2. The van der Waals surface area contributed by atoms with Gasteiger partial charge in [0.15, 0.2) is 5.16 Å². The number of thioether (sulfide) groups is 1. The second-order valence-electron chi connectivity index (χ2n) is 6.53. The van der Waals surface area contributed by atoms with Crippen molar-refractivity contribution in [2.24, 2.45) is 0 Å². The maximum absolute atomic E-state index is 12.8. The molecule has 0 aliphatic rings. The van der Waals surface area contributed by atoms with Gasteiger partial charge in [0.2, 0.25) is 5.78 Å². The van der Waals surface area contributed by atoms with Gasteiger partial charge in [-0.15, -0.1) is 10.2 Å². The molecule has 2 aromatic heterocycles. The van der Waals surface area contributed by atoms with E-state index in [1.54, 1.807) is 16.3 Å². The number of benzene rings is 2. The molecule has 0 unspecified atom stereocenters. The fourth-order valence-electron chi connectivity index (χ4n) is 3.34. The molecule has 4 aromatic rings. The highest BCUT2D eigenvalue weighted by molar-refractivity contribution is 7.99. The topological polar surface area (TPSA) is 52.2 Å². The normalized spacial score (nSPS) is 11.4. The summed E-state index contributed by atoms with van der Waals surface area (Å²) in [5, 5.41) is 10.3. The van der Waals surface area contributed by atoms with E-state index in [9.17, 15) is 4.79 Å². The largest absolute Gasteiger partial charge is 0.276 e. The summed E-state index contributed by atoms with van der Waals surface area (Å²) in [6, 6.07) is 18.2. The monoisotopic (exact) mass is 378 g/mol. The predicted octanol–water partition coefficient (Wildman–Crippen LogP) is 4.18. The highest BCUT2D eigenvalue weighted by Crippen LogP contribution is 2.22. The minimum atomic E-state index is 0.00739. The molecule has 27 heavy (non-hydrogen) atoms. The number of para-hydroxylation sites is 1. The molecular weight excluding hydrogens is 356 g/mol. The number of hydrogen-bond donors (Lipinski definition) is 0. The first kappa shape index (κ1) is 17.8. The van der Waals surface area contributed by atoms with E-state index in [1.165, 1.54) is 5.56 Å². The molecule has 138 valence electrons. The van der Waals surface area contributed by atoms with Crippen LogP contribution in [0, 0.1) is 0 Å². The van der Waals surface area contributed by atoms with E-state index in [0.717, 1.165) is 35.7 Å².